The number of carbonyl (C=O) groups excluding carboxylic acids is 1. The van der Waals surface area contributed by atoms with Crippen LogP contribution in [0, 0.1) is 0 Å². The molecule has 0 atom stereocenters. The van der Waals surface area contributed by atoms with E-state index in [2.05, 4.69) is 10.5 Å². The van der Waals surface area contributed by atoms with Crippen LogP contribution in [0.25, 0.3) is 11.3 Å². The van der Waals surface area contributed by atoms with Gasteiger partial charge in [0.2, 0.25) is 0 Å². The Morgan fingerprint density at radius 2 is 1.56 bits per heavy atom. The van der Waals surface area contributed by atoms with Gasteiger partial charge in [0, 0.05) is 5.56 Å². The molecule has 5 nitrogen and oxygen atoms in total. The quantitative estimate of drug-likeness (QED) is 0.531. The molecule has 0 aliphatic rings. The molecule has 0 saturated carbocycles. The Bertz CT molecular complexity index is 807. The number of rotatable bonds is 7. The van der Waals surface area contributed by atoms with Crippen molar-refractivity contribution in [2.75, 3.05) is 13.2 Å². The third kappa shape index (κ3) is 4.89. The Hall–Kier alpha value is -3.18. The molecule has 1 N–H and O–H groups in total. The molecular formula is C20H18N2O3. The van der Waals surface area contributed by atoms with Gasteiger partial charge in [-0.15, -0.1) is 0 Å². The van der Waals surface area contributed by atoms with Gasteiger partial charge in [-0.3, -0.25) is 9.63 Å². The van der Waals surface area contributed by atoms with Crippen LogP contribution in [-0.4, -0.2) is 24.1 Å². The molecule has 0 saturated heterocycles. The second kappa shape index (κ2) is 8.61. The van der Waals surface area contributed by atoms with Crippen LogP contribution in [0.1, 0.15) is 10.5 Å². The monoisotopic (exact) mass is 334 g/mol. The van der Waals surface area contributed by atoms with E-state index in [0.717, 1.165) is 17.0 Å². The summed E-state index contributed by atoms with van der Waals surface area (Å²) in [6, 6.07) is 24.4. The first-order valence-corrected chi connectivity index (χ1v) is 7.95. The molecule has 1 amide bonds. The van der Waals surface area contributed by atoms with E-state index in [4.69, 9.17) is 9.57 Å². The lowest BCUT2D eigenvalue weighted by Crippen LogP contribution is -2.26. The fourth-order valence-corrected chi connectivity index (χ4v) is 2.22. The normalized spacial score (nSPS) is 10.2. The maximum Gasteiger partial charge on any atom is 0.293 e. The molecule has 3 aromatic rings. The number of benzene rings is 2. The van der Waals surface area contributed by atoms with E-state index >= 15 is 0 Å². The number of para-hydroxylation sites is 1. The van der Waals surface area contributed by atoms with E-state index in [1.165, 1.54) is 0 Å². The molecule has 5 heteroatoms. The lowest BCUT2D eigenvalue weighted by atomic mass is 10.1. The van der Waals surface area contributed by atoms with Gasteiger partial charge in [0.15, 0.2) is 0 Å². The first-order chi connectivity index (χ1) is 12.3. The molecule has 0 aliphatic carbocycles. The molecule has 0 unspecified atom stereocenters. The first-order valence-electron chi connectivity index (χ1n) is 7.95. The maximum atomic E-state index is 12.1. The average molecular weight is 334 g/mol. The average Bonchev–Trinajstić information content (AvgIpc) is 2.69. The standard InChI is InChI=1S/C20H18N2O3/c23-20(22-25-15-14-24-17-10-5-2-6-11-17)19-13-7-12-18(21-19)16-8-3-1-4-9-16/h1-13H,14-15H2,(H,22,23). The van der Waals surface area contributed by atoms with Gasteiger partial charge in [0.25, 0.3) is 5.91 Å². The van der Waals surface area contributed by atoms with E-state index in [0.29, 0.717) is 12.3 Å². The van der Waals surface area contributed by atoms with Gasteiger partial charge < -0.3 is 4.74 Å². The van der Waals surface area contributed by atoms with Crippen molar-refractivity contribution in [1.29, 1.82) is 0 Å². The van der Waals surface area contributed by atoms with Gasteiger partial charge in [-0.1, -0.05) is 54.6 Å². The molecule has 2 aromatic carbocycles. The second-order valence-electron chi connectivity index (χ2n) is 5.22. The summed E-state index contributed by atoms with van der Waals surface area (Å²) in [5.41, 5.74) is 4.37. The van der Waals surface area contributed by atoms with E-state index in [9.17, 15) is 4.79 Å². The predicted octanol–water partition coefficient (Wildman–Crippen LogP) is 3.49. The number of nitrogens with zero attached hydrogens (tertiary/aromatic N) is 1. The van der Waals surface area contributed by atoms with Crippen LogP contribution < -0.4 is 10.2 Å². The predicted molar refractivity (Wildman–Crippen MR) is 95.0 cm³/mol. The Labute approximate surface area is 146 Å². The van der Waals surface area contributed by atoms with Crippen molar-refractivity contribution in [1.82, 2.24) is 10.5 Å². The largest absolute Gasteiger partial charge is 0.491 e. The molecule has 0 spiro atoms. The van der Waals surface area contributed by atoms with E-state index in [1.807, 2.05) is 66.7 Å². The molecule has 1 heterocycles. The van der Waals surface area contributed by atoms with Gasteiger partial charge in [-0.2, -0.15) is 0 Å². The highest BCUT2D eigenvalue weighted by Gasteiger charge is 2.08. The van der Waals surface area contributed by atoms with E-state index in [-0.39, 0.29) is 6.61 Å². The van der Waals surface area contributed by atoms with Crippen molar-refractivity contribution in [2.24, 2.45) is 0 Å². The fourth-order valence-electron chi connectivity index (χ4n) is 2.22. The maximum absolute atomic E-state index is 12.1. The first kappa shape index (κ1) is 16.7. The van der Waals surface area contributed by atoms with Crippen molar-refractivity contribution >= 4 is 5.91 Å². The van der Waals surface area contributed by atoms with Crippen LogP contribution in [0.4, 0.5) is 0 Å². The van der Waals surface area contributed by atoms with Gasteiger partial charge in [0.05, 0.1) is 5.69 Å². The van der Waals surface area contributed by atoms with Gasteiger partial charge in [-0.25, -0.2) is 10.5 Å². The van der Waals surface area contributed by atoms with Crippen molar-refractivity contribution in [3.05, 3.63) is 84.6 Å². The molecule has 0 bridgehead atoms. The van der Waals surface area contributed by atoms with Crippen molar-refractivity contribution in [2.45, 2.75) is 0 Å². The summed E-state index contributed by atoms with van der Waals surface area (Å²) < 4.78 is 5.48. The van der Waals surface area contributed by atoms with Crippen LogP contribution in [0.3, 0.4) is 0 Å². The minimum absolute atomic E-state index is 0.235. The molecule has 0 aliphatic heterocycles. The smallest absolute Gasteiger partial charge is 0.293 e. The van der Waals surface area contributed by atoms with E-state index in [1.54, 1.807) is 12.1 Å². The summed E-state index contributed by atoms with van der Waals surface area (Å²) in [5.74, 6) is 0.368. The number of aromatic nitrogens is 1. The highest BCUT2D eigenvalue weighted by atomic mass is 16.7. The van der Waals surface area contributed by atoms with Crippen LogP contribution in [0.5, 0.6) is 5.75 Å². The summed E-state index contributed by atoms with van der Waals surface area (Å²) in [6.07, 6.45) is 0. The number of nitrogens with one attached hydrogen (secondary N) is 1. The van der Waals surface area contributed by atoms with Crippen molar-refractivity contribution in [3.63, 3.8) is 0 Å². The SMILES string of the molecule is O=C(NOCCOc1ccccc1)c1cccc(-c2ccccc2)n1. The molecule has 1 aromatic heterocycles. The molecule has 0 fully saturated rings. The zero-order valence-corrected chi connectivity index (χ0v) is 13.6. The van der Waals surface area contributed by atoms with Crippen LogP contribution in [0.2, 0.25) is 0 Å². The Morgan fingerprint density at radius 1 is 0.840 bits per heavy atom. The number of ether oxygens (including phenoxy) is 1. The Kier molecular flexibility index (Phi) is 5.74. The summed E-state index contributed by atoms with van der Waals surface area (Å²) in [5, 5.41) is 0. The summed E-state index contributed by atoms with van der Waals surface area (Å²) in [7, 11) is 0. The Morgan fingerprint density at radius 3 is 2.32 bits per heavy atom. The third-order valence-electron chi connectivity index (χ3n) is 3.41. The minimum Gasteiger partial charge on any atom is -0.491 e. The molecular weight excluding hydrogens is 316 g/mol. The number of amides is 1. The zero-order chi connectivity index (χ0) is 17.3. The summed E-state index contributed by atoms with van der Waals surface area (Å²) in [4.78, 5) is 21.6. The van der Waals surface area contributed by atoms with Crippen molar-refractivity contribution < 1.29 is 14.4 Å². The molecule has 0 radical (unpaired) electrons. The lowest BCUT2D eigenvalue weighted by Gasteiger charge is -2.08. The fraction of sp³-hybridized carbons (Fsp3) is 0.100. The van der Waals surface area contributed by atoms with Crippen LogP contribution in [-0.2, 0) is 4.84 Å². The van der Waals surface area contributed by atoms with Gasteiger partial charge >= 0.3 is 0 Å². The Balaban J connectivity index is 1.48. The number of hydrogen-bond acceptors (Lipinski definition) is 4. The summed E-state index contributed by atoms with van der Waals surface area (Å²) in [6.45, 7) is 0.570. The van der Waals surface area contributed by atoms with Crippen molar-refractivity contribution in [3.8, 4) is 17.0 Å². The second-order valence-corrected chi connectivity index (χ2v) is 5.22. The molecule has 126 valence electrons. The topological polar surface area (TPSA) is 60.5 Å². The highest BCUT2D eigenvalue weighted by molar-refractivity contribution is 5.92. The number of hydroxylamine groups is 1. The molecule has 3 rings (SSSR count). The summed E-state index contributed by atoms with van der Waals surface area (Å²) >= 11 is 0. The zero-order valence-electron chi connectivity index (χ0n) is 13.6. The van der Waals surface area contributed by atoms with E-state index < -0.39 is 5.91 Å². The van der Waals surface area contributed by atoms with Gasteiger partial charge in [-0.05, 0) is 24.3 Å². The lowest BCUT2D eigenvalue weighted by molar-refractivity contribution is 0.0197. The minimum atomic E-state index is -0.391. The third-order valence-corrected chi connectivity index (χ3v) is 3.41. The van der Waals surface area contributed by atoms with Crippen LogP contribution in [0.15, 0.2) is 78.9 Å². The number of hydrogen-bond donors (Lipinski definition) is 1. The number of pyridine rings is 1. The van der Waals surface area contributed by atoms with Gasteiger partial charge in [0.1, 0.15) is 24.7 Å². The van der Waals surface area contributed by atoms with Crippen LogP contribution >= 0.6 is 0 Å². The molecule has 25 heavy (non-hydrogen) atoms. The number of carbonyl (C=O) groups is 1. The highest BCUT2D eigenvalue weighted by Crippen LogP contribution is 2.16.